The summed E-state index contributed by atoms with van der Waals surface area (Å²) in [7, 11) is 0. The molecule has 1 aliphatic heterocycles. The van der Waals surface area contributed by atoms with Crippen molar-refractivity contribution >= 4 is 41.5 Å². The summed E-state index contributed by atoms with van der Waals surface area (Å²) in [6, 6.07) is 8.71. The fourth-order valence-corrected chi connectivity index (χ4v) is 3.71. The number of hydrogen-bond donors (Lipinski definition) is 5. The van der Waals surface area contributed by atoms with E-state index in [1.165, 1.54) is 66.8 Å². The Morgan fingerprint density at radius 3 is 1.88 bits per heavy atom. The number of aromatic hydroxyl groups is 1. The average Bonchev–Trinajstić information content (AvgIpc) is 2.92. The number of carboxylic acid groups (broad SMARTS) is 2. The fourth-order valence-electron chi connectivity index (χ4n) is 3.71. The lowest BCUT2D eigenvalue weighted by molar-refractivity contribution is -0.122. The number of rotatable bonds is 7. The van der Waals surface area contributed by atoms with Gasteiger partial charge in [-0.05, 0) is 60.7 Å². The number of allylic oxidation sites excluding steroid dienone is 4. The van der Waals surface area contributed by atoms with Crippen molar-refractivity contribution < 1.29 is 39.3 Å². The molecule has 0 unspecified atom stereocenters. The van der Waals surface area contributed by atoms with Crippen LogP contribution in [0.5, 0.6) is 5.88 Å². The van der Waals surface area contributed by atoms with Crippen LogP contribution in [0.1, 0.15) is 26.3 Å². The predicted molar refractivity (Wildman–Crippen MR) is 142 cm³/mol. The molecule has 4 rings (SSSR count). The summed E-state index contributed by atoms with van der Waals surface area (Å²) in [4.78, 5) is 87.5. The number of barbiturate groups is 1. The number of carboxylic acids is 2. The largest absolute Gasteiger partial charge is 0.494 e. The SMILES string of the molecule is O=C1NC(=O)N(c2ccc(C(=O)O)cc2)C(=O)/C1=C/C=C/C=C/c1c(O)[nH]c(=O)n(-c2ccc(C(=O)O)cc2)c1=O. The van der Waals surface area contributed by atoms with Gasteiger partial charge in [0.1, 0.15) is 11.1 Å². The lowest BCUT2D eigenvalue weighted by Gasteiger charge is -2.26. The maximum Gasteiger partial charge on any atom is 0.335 e. The van der Waals surface area contributed by atoms with Crippen LogP contribution in [-0.2, 0) is 9.59 Å². The number of anilines is 1. The normalized spacial score (nSPS) is 14.7. The summed E-state index contributed by atoms with van der Waals surface area (Å²) < 4.78 is 0.691. The highest BCUT2D eigenvalue weighted by atomic mass is 16.4. The van der Waals surface area contributed by atoms with Crippen molar-refractivity contribution in [3.63, 3.8) is 0 Å². The van der Waals surface area contributed by atoms with Gasteiger partial charge in [-0.25, -0.2) is 28.6 Å². The van der Waals surface area contributed by atoms with Gasteiger partial charge in [-0.2, -0.15) is 0 Å². The van der Waals surface area contributed by atoms with Crippen LogP contribution in [-0.4, -0.2) is 54.7 Å². The van der Waals surface area contributed by atoms with Crippen LogP contribution >= 0.6 is 0 Å². The van der Waals surface area contributed by atoms with Crippen LogP contribution in [0.15, 0.2) is 88.0 Å². The highest BCUT2D eigenvalue weighted by Crippen LogP contribution is 2.21. The van der Waals surface area contributed by atoms with E-state index < -0.39 is 52.5 Å². The van der Waals surface area contributed by atoms with E-state index in [-0.39, 0.29) is 28.1 Å². The molecule has 0 atom stereocenters. The smallest absolute Gasteiger partial charge is 0.335 e. The highest BCUT2D eigenvalue weighted by Gasteiger charge is 2.36. The molecular weight excluding hydrogens is 540 g/mol. The molecule has 41 heavy (non-hydrogen) atoms. The standard InChI is InChI=1S/C27H18N4O10/c32-20-18(22(34)30(26(40)28-20)16-10-6-14(7-11-16)24(36)37)4-2-1-3-5-19-21(33)29-27(41)31(23(19)35)17-12-8-15(9-13-17)25(38)39/h1-13,32H,(H,28,40)(H,36,37)(H,38,39)(H,29,33,41)/b3-1+,4-2+,19-5+. The number of aromatic amines is 1. The molecule has 206 valence electrons. The number of hydrogen-bond acceptors (Lipinski definition) is 8. The molecule has 2 aromatic carbocycles. The van der Waals surface area contributed by atoms with Crippen LogP contribution in [0.25, 0.3) is 11.8 Å². The Bertz CT molecular complexity index is 1810. The second kappa shape index (κ2) is 11.2. The van der Waals surface area contributed by atoms with E-state index >= 15 is 0 Å². The fraction of sp³-hybridized carbons (Fsp3) is 0. The molecule has 1 aliphatic rings. The number of benzene rings is 2. The van der Waals surface area contributed by atoms with Crippen LogP contribution in [0, 0.1) is 0 Å². The minimum Gasteiger partial charge on any atom is -0.494 e. The third kappa shape index (κ3) is 5.61. The average molecular weight is 558 g/mol. The Morgan fingerprint density at radius 2 is 1.32 bits per heavy atom. The van der Waals surface area contributed by atoms with Gasteiger partial charge in [0, 0.05) is 0 Å². The van der Waals surface area contributed by atoms with Gasteiger partial charge in [0.25, 0.3) is 17.4 Å². The van der Waals surface area contributed by atoms with Gasteiger partial charge in [0.15, 0.2) is 0 Å². The number of urea groups is 1. The maximum atomic E-state index is 12.9. The van der Waals surface area contributed by atoms with Crippen molar-refractivity contribution in [1.82, 2.24) is 14.9 Å². The first-order valence-corrected chi connectivity index (χ1v) is 11.5. The summed E-state index contributed by atoms with van der Waals surface area (Å²) in [6.45, 7) is 0. The Balaban J connectivity index is 1.58. The van der Waals surface area contributed by atoms with Crippen LogP contribution < -0.4 is 21.5 Å². The van der Waals surface area contributed by atoms with E-state index in [4.69, 9.17) is 10.2 Å². The zero-order valence-electron chi connectivity index (χ0n) is 20.6. The molecular formula is C27H18N4O10. The predicted octanol–water partition coefficient (Wildman–Crippen LogP) is 1.41. The monoisotopic (exact) mass is 558 g/mol. The second-order valence-electron chi connectivity index (χ2n) is 8.26. The number of aromatic carboxylic acids is 2. The van der Waals surface area contributed by atoms with E-state index in [0.717, 1.165) is 12.2 Å². The maximum absolute atomic E-state index is 12.9. The van der Waals surface area contributed by atoms with Gasteiger partial charge >= 0.3 is 23.7 Å². The molecule has 5 N–H and O–H groups in total. The van der Waals surface area contributed by atoms with Gasteiger partial charge in [0.2, 0.25) is 5.88 Å². The van der Waals surface area contributed by atoms with Crippen molar-refractivity contribution in [2.24, 2.45) is 0 Å². The Kier molecular flexibility index (Phi) is 7.57. The van der Waals surface area contributed by atoms with Gasteiger partial charge < -0.3 is 15.3 Å². The number of carbonyl (C=O) groups is 5. The van der Waals surface area contributed by atoms with Crippen molar-refractivity contribution in [1.29, 1.82) is 0 Å². The van der Waals surface area contributed by atoms with E-state index in [2.05, 4.69) is 4.98 Å². The molecule has 3 aromatic rings. The number of aromatic nitrogens is 2. The summed E-state index contributed by atoms with van der Waals surface area (Å²) in [5, 5.41) is 30.2. The zero-order valence-corrected chi connectivity index (χ0v) is 20.6. The van der Waals surface area contributed by atoms with Crippen molar-refractivity contribution in [2.45, 2.75) is 0 Å². The molecule has 4 amide bonds. The highest BCUT2D eigenvalue weighted by molar-refractivity contribution is 6.37. The number of imide groups is 2. The molecule has 0 radical (unpaired) electrons. The first kappa shape index (κ1) is 27.7. The quantitative estimate of drug-likeness (QED) is 0.160. The van der Waals surface area contributed by atoms with E-state index in [1.54, 1.807) is 0 Å². The van der Waals surface area contributed by atoms with E-state index in [0.29, 0.717) is 9.47 Å². The third-order valence-corrected chi connectivity index (χ3v) is 5.71. The van der Waals surface area contributed by atoms with Crippen LogP contribution in [0.4, 0.5) is 10.5 Å². The molecule has 14 nitrogen and oxygen atoms in total. The molecule has 0 aliphatic carbocycles. The van der Waals surface area contributed by atoms with Gasteiger partial charge in [-0.15, -0.1) is 0 Å². The summed E-state index contributed by atoms with van der Waals surface area (Å²) >= 11 is 0. The van der Waals surface area contributed by atoms with Crippen molar-refractivity contribution in [3.05, 3.63) is 116 Å². The van der Waals surface area contributed by atoms with Crippen molar-refractivity contribution in [2.75, 3.05) is 4.90 Å². The zero-order chi connectivity index (χ0) is 29.8. The summed E-state index contributed by atoms with van der Waals surface area (Å²) in [5.41, 5.74) is -2.68. The Morgan fingerprint density at radius 1 is 0.756 bits per heavy atom. The summed E-state index contributed by atoms with van der Waals surface area (Å²) in [6.07, 6.45) is 6.06. The third-order valence-electron chi connectivity index (χ3n) is 5.71. The van der Waals surface area contributed by atoms with E-state index in [1.807, 2.05) is 5.32 Å². The first-order chi connectivity index (χ1) is 19.5. The molecule has 1 saturated heterocycles. The first-order valence-electron chi connectivity index (χ1n) is 11.5. The number of nitrogens with one attached hydrogen (secondary N) is 2. The van der Waals surface area contributed by atoms with Gasteiger partial charge in [-0.1, -0.05) is 18.2 Å². The minimum absolute atomic E-state index is 0.0298. The molecule has 0 bridgehead atoms. The van der Waals surface area contributed by atoms with Gasteiger partial charge in [0.05, 0.1) is 22.5 Å². The lowest BCUT2D eigenvalue weighted by atomic mass is 10.1. The number of nitrogens with zero attached hydrogens (tertiary/aromatic N) is 2. The Labute approximate surface area is 228 Å². The molecule has 1 aromatic heterocycles. The van der Waals surface area contributed by atoms with E-state index in [9.17, 15) is 38.7 Å². The number of H-pyrrole nitrogens is 1. The van der Waals surface area contributed by atoms with Crippen LogP contribution in [0.3, 0.4) is 0 Å². The number of carbonyl (C=O) groups excluding carboxylic acids is 3. The molecule has 14 heteroatoms. The molecule has 2 heterocycles. The van der Waals surface area contributed by atoms with Crippen LogP contribution in [0.2, 0.25) is 0 Å². The molecule has 1 fully saturated rings. The lowest BCUT2D eigenvalue weighted by Crippen LogP contribution is -2.54. The Hall–Kier alpha value is -6.31. The topological polar surface area (TPSA) is 216 Å². The molecule has 0 saturated carbocycles. The number of amides is 4. The molecule has 0 spiro atoms. The minimum atomic E-state index is -1.21. The van der Waals surface area contributed by atoms with Crippen molar-refractivity contribution in [3.8, 4) is 11.6 Å². The second-order valence-corrected chi connectivity index (χ2v) is 8.26. The van der Waals surface area contributed by atoms with Gasteiger partial charge in [-0.3, -0.25) is 24.7 Å². The summed E-state index contributed by atoms with van der Waals surface area (Å²) in [5.74, 6) is -5.07.